The van der Waals surface area contributed by atoms with Crippen LogP contribution in [0.1, 0.15) is 41.8 Å². The van der Waals surface area contributed by atoms with Gasteiger partial charge in [-0.2, -0.15) is 0 Å². The van der Waals surface area contributed by atoms with Gasteiger partial charge in [-0.3, -0.25) is 14.5 Å². The maximum Gasteiger partial charge on any atom is 0.415 e. The van der Waals surface area contributed by atoms with Gasteiger partial charge in [-0.05, 0) is 43.5 Å². The highest BCUT2D eigenvalue weighted by Crippen LogP contribution is 2.42. The van der Waals surface area contributed by atoms with Crippen molar-refractivity contribution >= 4 is 52.1 Å². The maximum atomic E-state index is 12.6. The Hall–Kier alpha value is -2.58. The lowest BCUT2D eigenvalue weighted by molar-refractivity contribution is -0.119. The molecule has 0 spiro atoms. The van der Waals surface area contributed by atoms with Crippen molar-refractivity contribution in [3.05, 3.63) is 39.5 Å². The molecule has 0 saturated carbocycles. The lowest BCUT2D eigenvalue weighted by Crippen LogP contribution is -2.44. The van der Waals surface area contributed by atoms with Gasteiger partial charge in [0.15, 0.2) is 5.78 Å². The molecule has 2 saturated heterocycles. The molecule has 31 heavy (non-hydrogen) atoms. The lowest BCUT2D eigenvalue weighted by Gasteiger charge is -2.33. The number of piperidine rings is 1. The highest BCUT2D eigenvalue weighted by molar-refractivity contribution is 7.18. The minimum Gasteiger partial charge on any atom is -0.489 e. The molecule has 0 unspecified atom stereocenters. The van der Waals surface area contributed by atoms with Crippen molar-refractivity contribution in [1.29, 1.82) is 0 Å². The van der Waals surface area contributed by atoms with Gasteiger partial charge in [0.2, 0.25) is 5.91 Å². The molecule has 2 aromatic rings. The number of hydrogen-bond donors (Lipinski definition) is 0. The minimum absolute atomic E-state index is 0.0145. The molecule has 3 aliphatic rings. The largest absolute Gasteiger partial charge is 0.489 e. The Balaban J connectivity index is 1.30. The number of Topliss-reactive ketones (excluding diaryl/α,β-unsaturated/α-hetero) is 1. The highest BCUT2D eigenvalue weighted by atomic mass is 35.5. The quantitative estimate of drug-likeness (QED) is 0.606. The first-order valence-electron chi connectivity index (χ1n) is 10.4. The van der Waals surface area contributed by atoms with Crippen molar-refractivity contribution < 1.29 is 23.9 Å². The summed E-state index contributed by atoms with van der Waals surface area (Å²) in [7, 11) is 0. The normalized spacial score (nSPS) is 22.6. The molecule has 162 valence electrons. The fourth-order valence-electron chi connectivity index (χ4n) is 4.38. The van der Waals surface area contributed by atoms with Crippen LogP contribution in [0.25, 0.3) is 0 Å². The third-order valence-electron chi connectivity index (χ3n) is 5.96. The molecular formula is C22H21ClN2O5S. The number of ketones is 1. The number of fused-ring (bicyclic) bond motifs is 3. The monoisotopic (exact) mass is 460 g/mol. The predicted octanol–water partition coefficient (Wildman–Crippen LogP) is 4.67. The van der Waals surface area contributed by atoms with Crippen LogP contribution in [-0.4, -0.2) is 43.1 Å². The van der Waals surface area contributed by atoms with Gasteiger partial charge in [0, 0.05) is 31.1 Å². The zero-order valence-corrected chi connectivity index (χ0v) is 18.3. The summed E-state index contributed by atoms with van der Waals surface area (Å²) in [4.78, 5) is 41.2. The van der Waals surface area contributed by atoms with E-state index in [1.807, 2.05) is 12.1 Å². The van der Waals surface area contributed by atoms with Crippen LogP contribution < -0.4 is 14.5 Å². The summed E-state index contributed by atoms with van der Waals surface area (Å²) < 4.78 is 12.1. The summed E-state index contributed by atoms with van der Waals surface area (Å²) in [5, 5.41) is 0. The van der Waals surface area contributed by atoms with Gasteiger partial charge in [-0.25, -0.2) is 4.79 Å². The van der Waals surface area contributed by atoms with E-state index in [2.05, 4.69) is 0 Å². The summed E-state index contributed by atoms with van der Waals surface area (Å²) in [6.45, 7) is 0.970. The number of carbonyl (C=O) groups is 3. The Kier molecular flexibility index (Phi) is 5.35. The molecule has 3 aliphatic heterocycles. The Morgan fingerprint density at radius 2 is 2.06 bits per heavy atom. The standard InChI is InChI=1S/C22H21ClN2O5S/c23-20-9-8-19(31-20)16(26)6-7-17-15-12-29-18-11-13(24-10-2-1-3-21(24)27)4-5-14(18)25(15)22(28)30-17/h4-5,8-9,11,15,17H,1-3,6-7,10,12H2/t15-,17-/m0/s1. The van der Waals surface area contributed by atoms with Gasteiger partial charge in [-0.15, -0.1) is 11.3 Å². The van der Waals surface area contributed by atoms with E-state index in [0.29, 0.717) is 40.0 Å². The summed E-state index contributed by atoms with van der Waals surface area (Å²) in [5.74, 6) is 0.658. The number of hydrogen-bond acceptors (Lipinski definition) is 6. The number of rotatable bonds is 5. The number of halogens is 1. The molecule has 2 amide bonds. The zero-order valence-electron chi connectivity index (χ0n) is 16.7. The van der Waals surface area contributed by atoms with Crippen LogP contribution in [0.3, 0.4) is 0 Å². The van der Waals surface area contributed by atoms with E-state index in [9.17, 15) is 14.4 Å². The van der Waals surface area contributed by atoms with Gasteiger partial charge >= 0.3 is 6.09 Å². The van der Waals surface area contributed by atoms with Crippen LogP contribution in [0, 0.1) is 0 Å². The van der Waals surface area contributed by atoms with Crippen LogP contribution >= 0.6 is 22.9 Å². The first-order valence-corrected chi connectivity index (χ1v) is 11.6. The highest BCUT2D eigenvalue weighted by Gasteiger charge is 2.46. The van der Waals surface area contributed by atoms with E-state index in [0.717, 1.165) is 18.5 Å². The van der Waals surface area contributed by atoms with E-state index >= 15 is 0 Å². The fraction of sp³-hybridized carbons (Fsp3) is 0.409. The molecule has 1 aromatic heterocycles. The molecule has 4 heterocycles. The molecule has 0 radical (unpaired) electrons. The number of cyclic esters (lactones) is 1. The topological polar surface area (TPSA) is 76.2 Å². The maximum absolute atomic E-state index is 12.6. The molecule has 2 atom stereocenters. The second kappa shape index (κ2) is 8.16. The summed E-state index contributed by atoms with van der Waals surface area (Å²) in [6.07, 6.45) is 2.26. The van der Waals surface area contributed by atoms with Crippen molar-refractivity contribution in [2.45, 2.75) is 44.2 Å². The van der Waals surface area contributed by atoms with E-state index in [4.69, 9.17) is 21.1 Å². The van der Waals surface area contributed by atoms with Crippen molar-refractivity contribution in [1.82, 2.24) is 0 Å². The van der Waals surface area contributed by atoms with Crippen molar-refractivity contribution in [2.75, 3.05) is 23.0 Å². The van der Waals surface area contributed by atoms with E-state index in [-0.39, 0.29) is 30.8 Å². The fourth-order valence-corrected chi connectivity index (χ4v) is 5.39. The Morgan fingerprint density at radius 1 is 1.19 bits per heavy atom. The van der Waals surface area contributed by atoms with Gasteiger partial charge < -0.3 is 14.4 Å². The Morgan fingerprint density at radius 3 is 2.84 bits per heavy atom. The van der Waals surface area contributed by atoms with E-state index in [1.54, 1.807) is 28.0 Å². The van der Waals surface area contributed by atoms with Crippen molar-refractivity contribution in [2.24, 2.45) is 0 Å². The second-order valence-corrected chi connectivity index (χ2v) is 9.61. The molecule has 0 aliphatic carbocycles. The number of carbonyl (C=O) groups excluding carboxylic acids is 3. The van der Waals surface area contributed by atoms with Crippen LogP contribution in [0.15, 0.2) is 30.3 Å². The number of anilines is 2. The van der Waals surface area contributed by atoms with Gasteiger partial charge in [0.1, 0.15) is 24.5 Å². The average molecular weight is 461 g/mol. The van der Waals surface area contributed by atoms with Gasteiger partial charge in [-0.1, -0.05) is 11.6 Å². The summed E-state index contributed by atoms with van der Waals surface area (Å²) in [5.41, 5.74) is 1.42. The molecule has 0 bridgehead atoms. The third kappa shape index (κ3) is 3.78. The molecular weight excluding hydrogens is 440 g/mol. The predicted molar refractivity (Wildman–Crippen MR) is 118 cm³/mol. The zero-order chi connectivity index (χ0) is 21.5. The van der Waals surface area contributed by atoms with Crippen molar-refractivity contribution in [3.8, 4) is 5.75 Å². The first-order chi connectivity index (χ1) is 15.0. The number of thiophene rings is 1. The smallest absolute Gasteiger partial charge is 0.415 e. The minimum atomic E-state index is -0.437. The van der Waals surface area contributed by atoms with Crippen LogP contribution in [0.5, 0.6) is 5.75 Å². The molecule has 9 heteroatoms. The number of benzene rings is 1. The number of nitrogens with zero attached hydrogens (tertiary/aromatic N) is 2. The van der Waals surface area contributed by atoms with E-state index < -0.39 is 12.2 Å². The van der Waals surface area contributed by atoms with Crippen LogP contribution in [-0.2, 0) is 9.53 Å². The second-order valence-electron chi connectivity index (χ2n) is 7.89. The molecule has 0 N–H and O–H groups in total. The molecule has 2 fully saturated rings. The summed E-state index contributed by atoms with van der Waals surface area (Å²) in [6, 6.07) is 8.60. The van der Waals surface area contributed by atoms with E-state index in [1.165, 1.54) is 11.3 Å². The number of ether oxygens (including phenoxy) is 2. The summed E-state index contributed by atoms with van der Waals surface area (Å²) >= 11 is 7.16. The Labute approximate surface area is 188 Å². The average Bonchev–Trinajstić information content (AvgIpc) is 3.35. The van der Waals surface area contributed by atoms with Crippen LogP contribution in [0.2, 0.25) is 4.34 Å². The molecule has 5 rings (SSSR count). The van der Waals surface area contributed by atoms with Crippen LogP contribution in [0.4, 0.5) is 16.2 Å². The third-order valence-corrected chi connectivity index (χ3v) is 7.23. The lowest BCUT2D eigenvalue weighted by atomic mass is 10.0. The van der Waals surface area contributed by atoms with Gasteiger partial charge in [0.05, 0.1) is 14.9 Å². The van der Waals surface area contributed by atoms with Gasteiger partial charge in [0.25, 0.3) is 0 Å². The molecule has 1 aromatic carbocycles. The number of amides is 2. The van der Waals surface area contributed by atoms with Crippen molar-refractivity contribution in [3.63, 3.8) is 0 Å². The molecule has 7 nitrogen and oxygen atoms in total. The first kappa shape index (κ1) is 20.3. The SMILES string of the molecule is O=C(CC[C@@H]1OC(=O)N2c3ccc(N4CCCCC4=O)cc3OC[C@@H]12)c1ccc(Cl)s1. The Bertz CT molecular complexity index is 1050.